The summed E-state index contributed by atoms with van der Waals surface area (Å²) in [6.07, 6.45) is 0.329. The molecule has 1 aliphatic heterocycles. The summed E-state index contributed by atoms with van der Waals surface area (Å²) in [5.41, 5.74) is -1.08. The molecule has 8 nitrogen and oxygen atoms in total. The molecule has 2 N–H and O–H groups in total. The molecule has 0 aromatic heterocycles. The molecule has 9 heteroatoms. The van der Waals surface area contributed by atoms with Gasteiger partial charge in [-0.25, -0.2) is 8.42 Å². The minimum absolute atomic E-state index is 0.0266. The summed E-state index contributed by atoms with van der Waals surface area (Å²) in [5.74, 6) is 0. The molecule has 1 aliphatic rings. The van der Waals surface area contributed by atoms with Gasteiger partial charge in [-0.2, -0.15) is 4.31 Å². The first-order valence-corrected chi connectivity index (χ1v) is 7.80. The Morgan fingerprint density at radius 2 is 2.14 bits per heavy atom. The number of hydrogen-bond donors (Lipinski definition) is 2. The number of nitro benzene ring substituents is 1. The van der Waals surface area contributed by atoms with Gasteiger partial charge >= 0.3 is 0 Å². The lowest BCUT2D eigenvalue weighted by atomic mass is 10.1. The molecule has 1 atom stereocenters. The standard InChI is InChI=1S/C12H17N3O5S/c1-12(16)5-6-14(8-12)21(19,20)11-7-9(15(17)18)3-4-10(11)13-2/h3-4,7,13,16H,5-6,8H2,1-2H3. The van der Waals surface area contributed by atoms with Crippen LogP contribution in [-0.4, -0.2) is 48.5 Å². The van der Waals surface area contributed by atoms with Gasteiger partial charge in [0.05, 0.1) is 16.2 Å². The molecule has 0 aliphatic carbocycles. The molecule has 0 radical (unpaired) electrons. The smallest absolute Gasteiger partial charge is 0.270 e. The second kappa shape index (κ2) is 5.24. The first kappa shape index (κ1) is 15.7. The third kappa shape index (κ3) is 2.99. The first-order chi connectivity index (χ1) is 9.67. The number of aliphatic hydroxyl groups is 1. The first-order valence-electron chi connectivity index (χ1n) is 6.36. The number of rotatable bonds is 4. The van der Waals surface area contributed by atoms with E-state index in [9.17, 15) is 23.6 Å². The molecule has 0 amide bonds. The van der Waals surface area contributed by atoms with Crippen LogP contribution >= 0.6 is 0 Å². The molecule has 0 bridgehead atoms. The molecule has 21 heavy (non-hydrogen) atoms. The van der Waals surface area contributed by atoms with Gasteiger partial charge in [-0.3, -0.25) is 10.1 Å². The third-order valence-electron chi connectivity index (χ3n) is 3.48. The van der Waals surface area contributed by atoms with Gasteiger partial charge < -0.3 is 10.4 Å². The van der Waals surface area contributed by atoms with Crippen LogP contribution < -0.4 is 5.32 Å². The van der Waals surface area contributed by atoms with Crippen LogP contribution in [0.4, 0.5) is 11.4 Å². The molecular weight excluding hydrogens is 298 g/mol. The quantitative estimate of drug-likeness (QED) is 0.627. The summed E-state index contributed by atoms with van der Waals surface area (Å²) in [7, 11) is -2.36. The van der Waals surface area contributed by atoms with Crippen molar-refractivity contribution in [2.24, 2.45) is 0 Å². The van der Waals surface area contributed by atoms with Crippen LogP contribution in [0.2, 0.25) is 0 Å². The summed E-state index contributed by atoms with van der Waals surface area (Å²) in [5, 5.41) is 23.5. The van der Waals surface area contributed by atoms with Crippen LogP contribution in [0.25, 0.3) is 0 Å². The van der Waals surface area contributed by atoms with Crippen molar-refractivity contribution >= 4 is 21.4 Å². The maximum Gasteiger partial charge on any atom is 0.270 e. The van der Waals surface area contributed by atoms with Crippen molar-refractivity contribution < 1.29 is 18.4 Å². The average molecular weight is 315 g/mol. The normalized spacial score (nSPS) is 23.2. The number of nitro groups is 1. The summed E-state index contributed by atoms with van der Waals surface area (Å²) in [6.45, 7) is 1.72. The van der Waals surface area contributed by atoms with Crippen molar-refractivity contribution in [3.05, 3.63) is 28.3 Å². The van der Waals surface area contributed by atoms with Gasteiger partial charge in [-0.05, 0) is 19.4 Å². The topological polar surface area (TPSA) is 113 Å². The molecule has 1 saturated heterocycles. The highest BCUT2D eigenvalue weighted by Crippen LogP contribution is 2.32. The summed E-state index contributed by atoms with van der Waals surface area (Å²) < 4.78 is 26.4. The Bertz CT molecular complexity index is 671. The van der Waals surface area contributed by atoms with E-state index in [1.54, 1.807) is 14.0 Å². The van der Waals surface area contributed by atoms with Crippen LogP contribution in [0, 0.1) is 10.1 Å². The molecular formula is C12H17N3O5S. The molecule has 1 heterocycles. The minimum atomic E-state index is -3.90. The van der Waals surface area contributed by atoms with E-state index in [1.807, 2.05) is 0 Å². The van der Waals surface area contributed by atoms with Crippen molar-refractivity contribution in [2.75, 3.05) is 25.5 Å². The Hall–Kier alpha value is -1.71. The van der Waals surface area contributed by atoms with E-state index in [0.717, 1.165) is 10.4 Å². The zero-order chi connectivity index (χ0) is 15.8. The molecule has 0 saturated carbocycles. The Morgan fingerprint density at radius 3 is 2.62 bits per heavy atom. The van der Waals surface area contributed by atoms with Crippen LogP contribution in [0.5, 0.6) is 0 Å². The van der Waals surface area contributed by atoms with Gasteiger partial charge in [-0.15, -0.1) is 0 Å². The fraction of sp³-hybridized carbons (Fsp3) is 0.500. The fourth-order valence-electron chi connectivity index (χ4n) is 2.29. The van der Waals surface area contributed by atoms with E-state index in [4.69, 9.17) is 0 Å². The lowest BCUT2D eigenvalue weighted by molar-refractivity contribution is -0.385. The number of sulfonamides is 1. The number of anilines is 1. The number of nitrogens with one attached hydrogen (secondary N) is 1. The fourth-order valence-corrected chi connectivity index (χ4v) is 4.07. The van der Waals surface area contributed by atoms with Crippen molar-refractivity contribution in [2.45, 2.75) is 23.8 Å². The Morgan fingerprint density at radius 1 is 1.48 bits per heavy atom. The number of nitrogens with zero attached hydrogens (tertiary/aromatic N) is 2. The van der Waals surface area contributed by atoms with E-state index in [-0.39, 0.29) is 29.4 Å². The van der Waals surface area contributed by atoms with Gasteiger partial charge in [0, 0.05) is 32.3 Å². The second-order valence-electron chi connectivity index (χ2n) is 5.27. The largest absolute Gasteiger partial charge is 0.389 e. The van der Waals surface area contributed by atoms with Gasteiger partial charge in [-0.1, -0.05) is 0 Å². The highest BCUT2D eigenvalue weighted by atomic mass is 32.2. The zero-order valence-corrected chi connectivity index (χ0v) is 12.6. The maximum absolute atomic E-state index is 12.6. The van der Waals surface area contributed by atoms with Gasteiger partial charge in [0.25, 0.3) is 5.69 Å². The van der Waals surface area contributed by atoms with Crippen molar-refractivity contribution in [1.29, 1.82) is 0 Å². The predicted octanol–water partition coefficient (Wildman–Crippen LogP) is 0.782. The van der Waals surface area contributed by atoms with E-state index < -0.39 is 20.5 Å². The van der Waals surface area contributed by atoms with Crippen molar-refractivity contribution in [1.82, 2.24) is 4.31 Å². The highest BCUT2D eigenvalue weighted by Gasteiger charge is 2.39. The van der Waals surface area contributed by atoms with Crippen molar-refractivity contribution in [3.8, 4) is 0 Å². The molecule has 2 rings (SSSR count). The summed E-state index contributed by atoms with van der Waals surface area (Å²) >= 11 is 0. The second-order valence-corrected chi connectivity index (χ2v) is 7.18. The number of hydrogen-bond acceptors (Lipinski definition) is 6. The minimum Gasteiger partial charge on any atom is -0.389 e. The SMILES string of the molecule is CNc1ccc([N+](=O)[O-])cc1S(=O)(=O)N1CCC(C)(O)C1. The number of β-amino-alcohol motifs (C(OH)–C–C–N with tert-alkyl or cyclic N) is 1. The van der Waals surface area contributed by atoms with E-state index >= 15 is 0 Å². The molecule has 1 aromatic rings. The van der Waals surface area contributed by atoms with Crippen molar-refractivity contribution in [3.63, 3.8) is 0 Å². The lowest BCUT2D eigenvalue weighted by Gasteiger charge is -2.20. The van der Waals surface area contributed by atoms with E-state index in [0.29, 0.717) is 6.42 Å². The average Bonchev–Trinajstić information content (AvgIpc) is 2.79. The molecule has 116 valence electrons. The Kier molecular flexibility index (Phi) is 3.91. The highest BCUT2D eigenvalue weighted by molar-refractivity contribution is 7.89. The summed E-state index contributed by atoms with van der Waals surface area (Å²) in [4.78, 5) is 10.0. The van der Waals surface area contributed by atoms with E-state index in [1.165, 1.54) is 12.1 Å². The molecule has 1 fully saturated rings. The predicted molar refractivity (Wildman–Crippen MR) is 76.6 cm³/mol. The van der Waals surface area contributed by atoms with Crippen LogP contribution in [0.15, 0.2) is 23.1 Å². The summed E-state index contributed by atoms with van der Waals surface area (Å²) in [6, 6.07) is 3.64. The zero-order valence-electron chi connectivity index (χ0n) is 11.7. The monoisotopic (exact) mass is 315 g/mol. The molecule has 1 aromatic carbocycles. The van der Waals surface area contributed by atoms with Gasteiger partial charge in [0.15, 0.2) is 0 Å². The molecule has 1 unspecified atom stereocenters. The third-order valence-corrected chi connectivity index (χ3v) is 5.37. The van der Waals surface area contributed by atoms with E-state index in [2.05, 4.69) is 5.32 Å². The Labute approximate surface area is 122 Å². The molecule has 0 spiro atoms. The van der Waals surface area contributed by atoms with Gasteiger partial charge in [0.1, 0.15) is 4.90 Å². The Balaban J connectivity index is 2.48. The van der Waals surface area contributed by atoms with Crippen LogP contribution in [0.1, 0.15) is 13.3 Å². The van der Waals surface area contributed by atoms with Gasteiger partial charge in [0.2, 0.25) is 10.0 Å². The van der Waals surface area contributed by atoms with Crippen LogP contribution in [0.3, 0.4) is 0 Å². The number of non-ortho nitro benzene ring substituents is 1. The van der Waals surface area contributed by atoms with Crippen LogP contribution in [-0.2, 0) is 10.0 Å². The lowest BCUT2D eigenvalue weighted by Crippen LogP contribution is -2.34. The maximum atomic E-state index is 12.6. The number of benzene rings is 1.